The lowest BCUT2D eigenvalue weighted by Gasteiger charge is -2.13. The molecule has 72 valence electrons. The van der Waals surface area contributed by atoms with Crippen molar-refractivity contribution in [2.24, 2.45) is 0 Å². The Balaban J connectivity index is 3.32. The Morgan fingerprint density at radius 1 is 1.38 bits per heavy atom. The molecule has 0 aliphatic carbocycles. The average molecular weight is 189 g/mol. The highest BCUT2D eigenvalue weighted by Crippen LogP contribution is 2.33. The summed E-state index contributed by atoms with van der Waals surface area (Å²) in [5.41, 5.74) is -0.232. The van der Waals surface area contributed by atoms with Crippen LogP contribution in [0.2, 0.25) is 0 Å². The quantitative estimate of drug-likeness (QED) is 0.661. The fourth-order valence-electron chi connectivity index (χ4n) is 1.30. The van der Waals surface area contributed by atoms with Gasteiger partial charge >= 0.3 is 6.18 Å². The van der Waals surface area contributed by atoms with Crippen molar-refractivity contribution >= 4 is 0 Å². The van der Waals surface area contributed by atoms with E-state index in [1.54, 1.807) is 6.92 Å². The van der Waals surface area contributed by atoms with Gasteiger partial charge in [-0.25, -0.2) is 0 Å². The van der Waals surface area contributed by atoms with Crippen LogP contribution in [-0.2, 0) is 12.6 Å². The Hall–Kier alpha value is -1.06. The number of rotatable bonds is 1. The summed E-state index contributed by atoms with van der Waals surface area (Å²) in [6.45, 7) is 3.08. The molecule has 13 heavy (non-hydrogen) atoms. The SMILES string of the molecule is CCc1ccnc(C)c1C(F)(F)F. The smallest absolute Gasteiger partial charge is 0.261 e. The number of aryl methyl sites for hydroxylation is 2. The van der Waals surface area contributed by atoms with E-state index in [0.29, 0.717) is 12.0 Å². The summed E-state index contributed by atoms with van der Waals surface area (Å²) >= 11 is 0. The van der Waals surface area contributed by atoms with Gasteiger partial charge in [-0.3, -0.25) is 4.98 Å². The lowest BCUT2D eigenvalue weighted by molar-refractivity contribution is -0.138. The van der Waals surface area contributed by atoms with Gasteiger partial charge in [0.05, 0.1) is 5.56 Å². The highest BCUT2D eigenvalue weighted by Gasteiger charge is 2.35. The number of alkyl halides is 3. The first-order valence-electron chi connectivity index (χ1n) is 3.98. The lowest BCUT2D eigenvalue weighted by Crippen LogP contribution is -2.12. The van der Waals surface area contributed by atoms with Crippen molar-refractivity contribution in [2.75, 3.05) is 0 Å². The van der Waals surface area contributed by atoms with E-state index in [4.69, 9.17) is 0 Å². The maximum Gasteiger partial charge on any atom is 0.418 e. The fraction of sp³-hybridized carbons (Fsp3) is 0.444. The van der Waals surface area contributed by atoms with Gasteiger partial charge in [0.2, 0.25) is 0 Å². The Morgan fingerprint density at radius 3 is 2.38 bits per heavy atom. The van der Waals surface area contributed by atoms with Crippen molar-refractivity contribution in [1.29, 1.82) is 0 Å². The Labute approximate surface area is 74.6 Å². The Kier molecular flexibility index (Phi) is 2.59. The summed E-state index contributed by atoms with van der Waals surface area (Å²) in [5, 5.41) is 0. The summed E-state index contributed by atoms with van der Waals surface area (Å²) in [5.74, 6) is 0. The van der Waals surface area contributed by atoms with E-state index in [1.807, 2.05) is 0 Å². The predicted octanol–water partition coefficient (Wildman–Crippen LogP) is 2.97. The third kappa shape index (κ3) is 1.99. The summed E-state index contributed by atoms with van der Waals surface area (Å²) < 4.78 is 37.4. The number of hydrogen-bond acceptors (Lipinski definition) is 1. The van der Waals surface area contributed by atoms with E-state index in [0.717, 1.165) is 0 Å². The summed E-state index contributed by atoms with van der Waals surface area (Å²) in [6.07, 6.45) is -2.51. The van der Waals surface area contributed by atoms with Crippen LogP contribution in [-0.4, -0.2) is 4.98 Å². The molecular weight excluding hydrogens is 179 g/mol. The molecular formula is C9H10F3N. The van der Waals surface area contributed by atoms with Crippen LogP contribution in [0.25, 0.3) is 0 Å². The van der Waals surface area contributed by atoms with Gasteiger partial charge in [-0.1, -0.05) is 6.92 Å². The number of pyridine rings is 1. The van der Waals surface area contributed by atoms with E-state index in [2.05, 4.69) is 4.98 Å². The molecule has 0 saturated heterocycles. The molecule has 0 N–H and O–H groups in total. The van der Waals surface area contributed by atoms with Crippen LogP contribution in [0.5, 0.6) is 0 Å². The molecule has 1 nitrogen and oxygen atoms in total. The minimum absolute atomic E-state index is 0.0480. The third-order valence-electron chi connectivity index (χ3n) is 1.89. The van der Waals surface area contributed by atoms with Crippen molar-refractivity contribution in [2.45, 2.75) is 26.4 Å². The van der Waals surface area contributed by atoms with Crippen LogP contribution in [0, 0.1) is 6.92 Å². The van der Waals surface area contributed by atoms with Crippen LogP contribution >= 0.6 is 0 Å². The largest absolute Gasteiger partial charge is 0.418 e. The van der Waals surface area contributed by atoms with Crippen LogP contribution in [0.15, 0.2) is 12.3 Å². The highest BCUT2D eigenvalue weighted by atomic mass is 19.4. The van der Waals surface area contributed by atoms with Gasteiger partial charge in [0.15, 0.2) is 0 Å². The van der Waals surface area contributed by atoms with Crippen LogP contribution < -0.4 is 0 Å². The summed E-state index contributed by atoms with van der Waals surface area (Å²) in [6, 6.07) is 1.41. The minimum Gasteiger partial charge on any atom is -0.261 e. The van der Waals surface area contributed by atoms with Crippen LogP contribution in [0.4, 0.5) is 13.2 Å². The monoisotopic (exact) mass is 189 g/mol. The maximum atomic E-state index is 12.5. The topological polar surface area (TPSA) is 12.9 Å². The van der Waals surface area contributed by atoms with Gasteiger partial charge in [0.25, 0.3) is 0 Å². The van der Waals surface area contributed by atoms with Gasteiger partial charge in [-0.2, -0.15) is 13.2 Å². The van der Waals surface area contributed by atoms with Crippen molar-refractivity contribution in [1.82, 2.24) is 4.98 Å². The molecule has 0 fully saturated rings. The molecule has 1 aromatic rings. The molecule has 0 aliphatic rings. The first-order valence-corrected chi connectivity index (χ1v) is 3.98. The molecule has 1 heterocycles. The first kappa shape index (κ1) is 10.0. The number of hydrogen-bond donors (Lipinski definition) is 0. The third-order valence-corrected chi connectivity index (χ3v) is 1.89. The molecule has 0 amide bonds. The summed E-state index contributed by atoms with van der Waals surface area (Å²) in [7, 11) is 0. The van der Waals surface area contributed by atoms with Crippen molar-refractivity contribution in [3.63, 3.8) is 0 Å². The Bertz CT molecular complexity index is 304. The first-order chi connectivity index (χ1) is 5.96. The fourth-order valence-corrected chi connectivity index (χ4v) is 1.30. The van der Waals surface area contributed by atoms with Gasteiger partial charge in [-0.15, -0.1) is 0 Å². The second-order valence-corrected chi connectivity index (χ2v) is 2.78. The van der Waals surface area contributed by atoms with E-state index in [-0.39, 0.29) is 5.69 Å². The van der Waals surface area contributed by atoms with Gasteiger partial charge in [0, 0.05) is 11.9 Å². The summed E-state index contributed by atoms with van der Waals surface area (Å²) in [4.78, 5) is 3.63. The normalized spacial score (nSPS) is 11.8. The van der Waals surface area contributed by atoms with Crippen LogP contribution in [0.3, 0.4) is 0 Å². The molecule has 4 heteroatoms. The Morgan fingerprint density at radius 2 is 2.00 bits per heavy atom. The molecule has 0 aromatic carbocycles. The van der Waals surface area contributed by atoms with E-state index in [9.17, 15) is 13.2 Å². The molecule has 0 spiro atoms. The second kappa shape index (κ2) is 3.36. The van der Waals surface area contributed by atoms with Gasteiger partial charge < -0.3 is 0 Å². The van der Waals surface area contributed by atoms with Crippen molar-refractivity contribution < 1.29 is 13.2 Å². The van der Waals surface area contributed by atoms with Crippen LogP contribution in [0.1, 0.15) is 23.7 Å². The molecule has 0 saturated carbocycles. The van der Waals surface area contributed by atoms with E-state index < -0.39 is 11.7 Å². The predicted molar refractivity (Wildman–Crippen MR) is 43.4 cm³/mol. The van der Waals surface area contributed by atoms with E-state index >= 15 is 0 Å². The molecule has 0 aliphatic heterocycles. The molecule has 0 atom stereocenters. The van der Waals surface area contributed by atoms with Gasteiger partial charge in [0.1, 0.15) is 0 Å². The second-order valence-electron chi connectivity index (χ2n) is 2.78. The standard InChI is InChI=1S/C9H10F3N/c1-3-7-4-5-13-6(2)8(7)9(10,11)12/h4-5H,3H2,1-2H3. The highest BCUT2D eigenvalue weighted by molar-refractivity contribution is 5.31. The molecule has 0 unspecified atom stereocenters. The molecule has 0 radical (unpaired) electrons. The number of halogens is 3. The zero-order valence-corrected chi connectivity index (χ0v) is 7.44. The van der Waals surface area contributed by atoms with Crippen molar-refractivity contribution in [3.05, 3.63) is 29.1 Å². The van der Waals surface area contributed by atoms with E-state index in [1.165, 1.54) is 19.2 Å². The van der Waals surface area contributed by atoms with Crippen molar-refractivity contribution in [3.8, 4) is 0 Å². The minimum atomic E-state index is -4.29. The molecule has 1 rings (SSSR count). The number of nitrogens with zero attached hydrogens (tertiary/aromatic N) is 1. The molecule has 0 bridgehead atoms. The maximum absolute atomic E-state index is 12.5. The molecule has 1 aromatic heterocycles. The lowest BCUT2D eigenvalue weighted by atomic mass is 10.0. The average Bonchev–Trinajstić information content (AvgIpc) is 2.01. The van der Waals surface area contributed by atoms with Gasteiger partial charge in [-0.05, 0) is 25.0 Å². The number of aromatic nitrogens is 1. The zero-order valence-electron chi connectivity index (χ0n) is 7.44. The zero-order chi connectivity index (χ0) is 10.1.